The highest BCUT2D eigenvalue weighted by Crippen LogP contribution is 2.55. The van der Waals surface area contributed by atoms with Crippen molar-refractivity contribution in [3.05, 3.63) is 73.6 Å². The van der Waals surface area contributed by atoms with Gasteiger partial charge in [0.25, 0.3) is 0 Å². The van der Waals surface area contributed by atoms with Gasteiger partial charge in [0.2, 0.25) is 0 Å². The molecule has 0 atom stereocenters. The van der Waals surface area contributed by atoms with Crippen LogP contribution in [0, 0.1) is 0 Å². The highest BCUT2D eigenvalue weighted by Gasteiger charge is 2.45. The van der Waals surface area contributed by atoms with Crippen molar-refractivity contribution in [3.63, 3.8) is 0 Å². The average Bonchev–Trinajstić information content (AvgIpc) is 2.68. The van der Waals surface area contributed by atoms with Gasteiger partial charge in [-0.1, -0.05) is 0 Å². The Kier molecular flexibility index (Phi) is 5.63. The van der Waals surface area contributed by atoms with Gasteiger partial charge >= 0.3 is 0 Å². The number of pyridine rings is 3. The minimum Gasteiger partial charge on any atom is -0.330 e. The molecule has 5 heteroatoms. The van der Waals surface area contributed by atoms with Crippen LogP contribution < -0.4 is 21.6 Å². The molecule has 0 aromatic carbocycles. The van der Waals surface area contributed by atoms with E-state index in [1.165, 1.54) is 15.9 Å². The number of hydrogen-bond donors (Lipinski definition) is 1. The molecule has 0 radical (unpaired) electrons. The van der Waals surface area contributed by atoms with Crippen LogP contribution in [0.2, 0.25) is 0 Å². The first-order valence-corrected chi connectivity index (χ1v) is 10.2. The van der Waals surface area contributed by atoms with Gasteiger partial charge in [-0.2, -0.15) is 0 Å². The highest BCUT2D eigenvalue weighted by molar-refractivity contribution is 7.95. The van der Waals surface area contributed by atoms with Crippen molar-refractivity contribution in [3.8, 4) is 0 Å². The van der Waals surface area contributed by atoms with Gasteiger partial charge in [-0.25, -0.2) is 0 Å². The van der Waals surface area contributed by atoms with Crippen molar-refractivity contribution in [1.29, 1.82) is 0 Å². The van der Waals surface area contributed by atoms with Crippen LogP contribution in [0.5, 0.6) is 0 Å². The second-order valence-electron chi connectivity index (χ2n) is 5.66. The Bertz CT molecular complexity index is 638. The largest absolute Gasteiger partial charge is 0.330 e. The van der Waals surface area contributed by atoms with Crippen LogP contribution in [0.25, 0.3) is 0 Å². The predicted octanol–water partition coefficient (Wildman–Crippen LogP) is 1.90. The molecule has 3 rings (SSSR count). The van der Waals surface area contributed by atoms with Gasteiger partial charge in [-0.05, 0) is 55.8 Å². The van der Waals surface area contributed by atoms with E-state index in [0.29, 0.717) is 6.54 Å². The Morgan fingerprint density at radius 1 is 0.708 bits per heavy atom. The van der Waals surface area contributed by atoms with Crippen LogP contribution in [0.4, 0.5) is 0 Å². The van der Waals surface area contributed by atoms with Crippen LogP contribution in [-0.4, -0.2) is 27.7 Å². The molecule has 0 amide bonds. The molecule has 0 saturated heterocycles. The first kappa shape index (κ1) is 16.7. The zero-order valence-corrected chi connectivity index (χ0v) is 14.5. The number of hydrogen-bond acceptors (Lipinski definition) is 4. The van der Waals surface area contributed by atoms with Crippen molar-refractivity contribution in [2.45, 2.75) is 12.8 Å². The summed E-state index contributed by atoms with van der Waals surface area (Å²) in [6, 6.07) is 12.6. The lowest BCUT2D eigenvalue weighted by atomic mass is 10.3. The normalized spacial score (nSPS) is 11.4. The molecule has 0 saturated carbocycles. The fourth-order valence-electron chi connectivity index (χ4n) is 3.07. The number of nitrogens with zero attached hydrogens (tertiary/aromatic N) is 3. The zero-order valence-electron chi connectivity index (χ0n) is 13.6. The Balaban J connectivity index is 2.20. The van der Waals surface area contributed by atoms with E-state index < -0.39 is 7.26 Å². The standard InChI is InChI=1S/C19H22N4P/c20-9-1-2-13-24(17-6-3-10-21-14-17,18-7-4-11-22-15-18)19-8-5-12-23-16-19/h3-8,10-12,14-16H,1-2,9,13,20H2/q+1. The third-order valence-corrected chi connectivity index (χ3v) is 8.63. The molecule has 24 heavy (non-hydrogen) atoms. The molecule has 3 heterocycles. The lowest BCUT2D eigenvalue weighted by Gasteiger charge is -2.26. The van der Waals surface area contributed by atoms with E-state index in [2.05, 4.69) is 33.2 Å². The molecule has 122 valence electrons. The van der Waals surface area contributed by atoms with Gasteiger partial charge in [-0.15, -0.1) is 0 Å². The maximum Gasteiger partial charge on any atom is 0.123 e. The van der Waals surface area contributed by atoms with Crippen molar-refractivity contribution < 1.29 is 0 Å². The van der Waals surface area contributed by atoms with E-state index >= 15 is 0 Å². The summed E-state index contributed by atoms with van der Waals surface area (Å²) in [5.74, 6) is 0. The molecule has 3 aromatic rings. The molecule has 4 nitrogen and oxygen atoms in total. The Morgan fingerprint density at radius 3 is 1.50 bits per heavy atom. The van der Waals surface area contributed by atoms with E-state index in [-0.39, 0.29) is 0 Å². The van der Waals surface area contributed by atoms with Gasteiger partial charge in [0.1, 0.15) is 23.2 Å². The Labute approximate surface area is 143 Å². The summed E-state index contributed by atoms with van der Waals surface area (Å²) in [6.45, 7) is 0.715. The van der Waals surface area contributed by atoms with Crippen LogP contribution >= 0.6 is 7.26 Å². The Hall–Kier alpha value is -2.16. The second-order valence-corrected chi connectivity index (χ2v) is 9.28. The van der Waals surface area contributed by atoms with E-state index in [1.54, 1.807) is 0 Å². The maximum atomic E-state index is 5.75. The molecule has 0 aliphatic heterocycles. The monoisotopic (exact) mass is 337 g/mol. The predicted molar refractivity (Wildman–Crippen MR) is 102 cm³/mol. The molecule has 0 aliphatic carbocycles. The molecule has 3 aromatic heterocycles. The molecular weight excluding hydrogens is 315 g/mol. The van der Waals surface area contributed by atoms with Gasteiger partial charge in [-0.3, -0.25) is 15.0 Å². The molecule has 0 fully saturated rings. The van der Waals surface area contributed by atoms with Gasteiger partial charge in [0.15, 0.2) is 0 Å². The fraction of sp³-hybridized carbons (Fsp3) is 0.211. The van der Waals surface area contributed by atoms with Crippen molar-refractivity contribution in [1.82, 2.24) is 15.0 Å². The summed E-state index contributed by atoms with van der Waals surface area (Å²) >= 11 is 0. The van der Waals surface area contributed by atoms with Crippen molar-refractivity contribution >= 4 is 23.2 Å². The first-order chi connectivity index (χ1) is 11.9. The summed E-state index contributed by atoms with van der Waals surface area (Å²) in [6.07, 6.45) is 14.6. The van der Waals surface area contributed by atoms with E-state index in [1.807, 2.05) is 55.4 Å². The maximum absolute atomic E-state index is 5.75. The van der Waals surface area contributed by atoms with Gasteiger partial charge in [0.05, 0.1) is 24.8 Å². The molecule has 0 bridgehead atoms. The molecule has 2 N–H and O–H groups in total. The quantitative estimate of drug-likeness (QED) is 0.528. The van der Waals surface area contributed by atoms with Crippen LogP contribution in [0.3, 0.4) is 0 Å². The molecule has 0 spiro atoms. The summed E-state index contributed by atoms with van der Waals surface area (Å²) in [5, 5.41) is 3.80. The second kappa shape index (κ2) is 8.09. The highest BCUT2D eigenvalue weighted by atomic mass is 31.2. The van der Waals surface area contributed by atoms with Crippen LogP contribution in [0.15, 0.2) is 73.6 Å². The summed E-state index contributed by atoms with van der Waals surface area (Å²) in [7, 11) is -1.83. The summed E-state index contributed by atoms with van der Waals surface area (Å²) in [5.41, 5.74) is 5.75. The van der Waals surface area contributed by atoms with Crippen molar-refractivity contribution in [2.75, 3.05) is 12.7 Å². The number of unbranched alkanes of at least 4 members (excludes halogenated alkanes) is 1. The van der Waals surface area contributed by atoms with Gasteiger partial charge < -0.3 is 5.73 Å². The van der Waals surface area contributed by atoms with E-state index in [0.717, 1.165) is 19.0 Å². The SMILES string of the molecule is NCCCC[P+](c1cccnc1)(c1cccnc1)c1cccnc1. The minimum atomic E-state index is -1.83. The number of rotatable bonds is 7. The lowest BCUT2D eigenvalue weighted by molar-refractivity contribution is 0.811. The molecule has 0 aliphatic rings. The van der Waals surface area contributed by atoms with E-state index in [4.69, 9.17) is 5.73 Å². The van der Waals surface area contributed by atoms with Crippen LogP contribution in [-0.2, 0) is 0 Å². The lowest BCUT2D eigenvalue weighted by Crippen LogP contribution is -2.34. The van der Waals surface area contributed by atoms with Crippen molar-refractivity contribution in [2.24, 2.45) is 5.73 Å². The molecule has 0 unspecified atom stereocenters. The zero-order chi connectivity index (χ0) is 16.7. The molecular formula is C19H22N4P+. The third-order valence-electron chi connectivity index (χ3n) is 4.21. The first-order valence-electron chi connectivity index (χ1n) is 8.18. The van der Waals surface area contributed by atoms with E-state index in [9.17, 15) is 0 Å². The Morgan fingerprint density at radius 2 is 1.17 bits per heavy atom. The smallest absolute Gasteiger partial charge is 0.123 e. The summed E-state index contributed by atoms with van der Waals surface area (Å²) < 4.78 is 0. The minimum absolute atomic E-state index is 0.715. The fourth-order valence-corrected chi connectivity index (χ4v) is 7.25. The van der Waals surface area contributed by atoms with Gasteiger partial charge in [0, 0.05) is 18.6 Å². The average molecular weight is 337 g/mol. The topological polar surface area (TPSA) is 64.7 Å². The number of aromatic nitrogens is 3. The summed E-state index contributed by atoms with van der Waals surface area (Å²) in [4.78, 5) is 13.2. The van der Waals surface area contributed by atoms with Crippen LogP contribution in [0.1, 0.15) is 12.8 Å². The third kappa shape index (κ3) is 3.35. The number of nitrogens with two attached hydrogens (primary N) is 1.